The van der Waals surface area contributed by atoms with Gasteiger partial charge in [0.25, 0.3) is 23.6 Å². The van der Waals surface area contributed by atoms with E-state index in [-0.39, 0.29) is 32.3 Å². The van der Waals surface area contributed by atoms with Crippen molar-refractivity contribution in [2.45, 2.75) is 78.4 Å². The van der Waals surface area contributed by atoms with Crippen LogP contribution in [0, 0.1) is 0 Å². The molecule has 0 radical (unpaired) electrons. The van der Waals surface area contributed by atoms with Crippen molar-refractivity contribution < 1.29 is 47.9 Å². The van der Waals surface area contributed by atoms with Crippen molar-refractivity contribution in [1.82, 2.24) is 10.1 Å². The van der Waals surface area contributed by atoms with Gasteiger partial charge in [0.15, 0.2) is 5.60 Å². The predicted octanol–water partition coefficient (Wildman–Crippen LogP) is 1.41. The van der Waals surface area contributed by atoms with Crippen LogP contribution in [-0.4, -0.2) is 63.7 Å². The summed E-state index contributed by atoms with van der Waals surface area (Å²) in [5.74, 6) is -3.64. The second kappa shape index (κ2) is 10.3. The maximum Gasteiger partial charge on any atom is 0.534 e. The van der Waals surface area contributed by atoms with Gasteiger partial charge in [-0.1, -0.05) is 12.0 Å². The first-order valence-corrected chi connectivity index (χ1v) is 9.66. The molecule has 0 aliphatic carbocycles. The maximum absolute atomic E-state index is 12.3. The lowest BCUT2D eigenvalue weighted by atomic mass is 10.1. The van der Waals surface area contributed by atoms with E-state index >= 15 is 0 Å². The minimum Gasteiger partial charge on any atom is -0.427 e. The highest BCUT2D eigenvalue weighted by atomic mass is 16.8. The average molecular weight is 444 g/mol. The van der Waals surface area contributed by atoms with Crippen LogP contribution in [0.4, 0.5) is 4.79 Å². The highest BCUT2D eigenvalue weighted by Gasteiger charge is 2.39. The van der Waals surface area contributed by atoms with E-state index in [0.29, 0.717) is 10.1 Å². The molecule has 1 heterocycles. The van der Waals surface area contributed by atoms with Gasteiger partial charge in [-0.2, -0.15) is 0 Å². The molecule has 0 unspecified atom stereocenters. The molecule has 0 N–H and O–H groups in total. The molecule has 1 fully saturated rings. The Bertz CT molecular complexity index is 743. The Balaban J connectivity index is 2.56. The minimum absolute atomic E-state index is 0.0278. The van der Waals surface area contributed by atoms with Gasteiger partial charge in [-0.15, -0.1) is 5.06 Å². The first-order valence-electron chi connectivity index (χ1n) is 9.66. The fourth-order valence-electron chi connectivity index (χ4n) is 2.27. The van der Waals surface area contributed by atoms with Crippen LogP contribution in [0.5, 0.6) is 0 Å². The van der Waals surface area contributed by atoms with Gasteiger partial charge in [0.2, 0.25) is 0 Å². The number of rotatable bonds is 8. The number of hydroxylamine groups is 4. The van der Waals surface area contributed by atoms with Crippen LogP contribution in [0.25, 0.3) is 0 Å². The summed E-state index contributed by atoms with van der Waals surface area (Å²) in [6, 6.07) is 0. The minimum atomic E-state index is -1.50. The predicted molar refractivity (Wildman–Crippen MR) is 101 cm³/mol. The van der Waals surface area contributed by atoms with Gasteiger partial charge in [-0.05, 0) is 27.7 Å². The van der Waals surface area contributed by atoms with Gasteiger partial charge < -0.3 is 14.3 Å². The quantitative estimate of drug-likeness (QED) is 0.306. The maximum atomic E-state index is 12.3. The SMILES string of the molecule is CCC(=O)N(OC(=O)OC(C)(C)CCOC(C)(C)C(=O)ON1C(=O)CCC1=O)C(C)=O. The van der Waals surface area contributed by atoms with Crippen LogP contribution < -0.4 is 0 Å². The van der Waals surface area contributed by atoms with Gasteiger partial charge >= 0.3 is 12.1 Å². The number of hydrogen-bond acceptors (Lipinski definition) is 10. The molecule has 0 atom stereocenters. The molecule has 1 aliphatic rings. The van der Waals surface area contributed by atoms with Crippen LogP contribution in [0.1, 0.15) is 67.2 Å². The highest BCUT2D eigenvalue weighted by molar-refractivity contribution is 6.01. The molecule has 31 heavy (non-hydrogen) atoms. The summed E-state index contributed by atoms with van der Waals surface area (Å²) in [5, 5.41) is 0.740. The summed E-state index contributed by atoms with van der Waals surface area (Å²) in [6.45, 7) is 8.33. The Labute approximate surface area is 179 Å². The normalized spacial score (nSPS) is 14.3. The molecule has 0 aromatic heterocycles. The summed E-state index contributed by atoms with van der Waals surface area (Å²) in [6.07, 6.45) is -1.27. The summed E-state index contributed by atoms with van der Waals surface area (Å²) in [5.41, 5.74) is -2.64. The number of nitrogens with zero attached hydrogens (tertiary/aromatic N) is 2. The molecule has 12 heteroatoms. The van der Waals surface area contributed by atoms with E-state index in [2.05, 4.69) is 4.84 Å². The van der Waals surface area contributed by atoms with Gasteiger partial charge in [-0.3, -0.25) is 24.0 Å². The molecular formula is C19H28N2O10. The molecule has 0 bridgehead atoms. The molecule has 1 rings (SSSR count). The molecule has 1 saturated heterocycles. The van der Waals surface area contributed by atoms with E-state index in [1.54, 1.807) is 0 Å². The van der Waals surface area contributed by atoms with Gasteiger partial charge in [0.05, 0.1) is 6.61 Å². The van der Waals surface area contributed by atoms with Crippen LogP contribution >= 0.6 is 0 Å². The number of carbonyl (C=O) groups excluding carboxylic acids is 6. The molecule has 0 spiro atoms. The molecular weight excluding hydrogens is 416 g/mol. The number of carbonyl (C=O) groups is 6. The van der Waals surface area contributed by atoms with E-state index < -0.39 is 47.0 Å². The topological polar surface area (TPSA) is 146 Å². The molecule has 1 aliphatic heterocycles. The smallest absolute Gasteiger partial charge is 0.427 e. The Morgan fingerprint density at radius 2 is 1.58 bits per heavy atom. The molecule has 0 aromatic carbocycles. The van der Waals surface area contributed by atoms with Crippen LogP contribution in [0.3, 0.4) is 0 Å². The molecule has 4 amide bonds. The van der Waals surface area contributed by atoms with Gasteiger partial charge in [-0.25, -0.2) is 9.59 Å². The van der Waals surface area contributed by atoms with E-state index in [0.717, 1.165) is 6.92 Å². The monoisotopic (exact) mass is 444 g/mol. The Morgan fingerprint density at radius 3 is 2.06 bits per heavy atom. The van der Waals surface area contributed by atoms with E-state index in [1.807, 2.05) is 0 Å². The van der Waals surface area contributed by atoms with Gasteiger partial charge in [0, 0.05) is 32.6 Å². The third-order valence-corrected chi connectivity index (χ3v) is 4.18. The second-order valence-electron chi connectivity index (χ2n) is 7.83. The molecule has 174 valence electrons. The van der Waals surface area contributed by atoms with Crippen molar-refractivity contribution >= 4 is 35.8 Å². The number of ether oxygens (including phenoxy) is 2. The van der Waals surface area contributed by atoms with Crippen molar-refractivity contribution in [2.75, 3.05) is 6.61 Å². The van der Waals surface area contributed by atoms with Crippen molar-refractivity contribution in [3.63, 3.8) is 0 Å². The molecule has 12 nitrogen and oxygen atoms in total. The van der Waals surface area contributed by atoms with Crippen molar-refractivity contribution in [3.05, 3.63) is 0 Å². The lowest BCUT2D eigenvalue weighted by Crippen LogP contribution is -2.44. The number of hydrogen-bond donors (Lipinski definition) is 0. The Hall–Kier alpha value is -3.02. The summed E-state index contributed by atoms with van der Waals surface area (Å²) in [7, 11) is 0. The fourth-order valence-corrected chi connectivity index (χ4v) is 2.27. The van der Waals surface area contributed by atoms with Crippen LogP contribution in [-0.2, 0) is 43.1 Å². The van der Waals surface area contributed by atoms with Crippen LogP contribution in [0.2, 0.25) is 0 Å². The number of amides is 4. The Kier molecular flexibility index (Phi) is 8.67. The van der Waals surface area contributed by atoms with Crippen LogP contribution in [0.15, 0.2) is 0 Å². The Morgan fingerprint density at radius 1 is 1.03 bits per heavy atom. The largest absolute Gasteiger partial charge is 0.534 e. The molecule has 0 aromatic rings. The number of imide groups is 2. The van der Waals surface area contributed by atoms with Crippen molar-refractivity contribution in [1.29, 1.82) is 0 Å². The zero-order valence-corrected chi connectivity index (χ0v) is 18.5. The van der Waals surface area contributed by atoms with Crippen molar-refractivity contribution in [2.24, 2.45) is 0 Å². The summed E-state index contributed by atoms with van der Waals surface area (Å²) in [4.78, 5) is 79.9. The average Bonchev–Trinajstić information content (AvgIpc) is 2.96. The van der Waals surface area contributed by atoms with E-state index in [9.17, 15) is 28.8 Å². The highest BCUT2D eigenvalue weighted by Crippen LogP contribution is 2.21. The summed E-state index contributed by atoms with van der Waals surface area (Å²) >= 11 is 0. The second-order valence-corrected chi connectivity index (χ2v) is 7.83. The zero-order valence-electron chi connectivity index (χ0n) is 18.5. The van der Waals surface area contributed by atoms with Crippen molar-refractivity contribution in [3.8, 4) is 0 Å². The first kappa shape index (κ1) is 26.0. The lowest BCUT2D eigenvalue weighted by molar-refractivity contribution is -0.212. The van der Waals surface area contributed by atoms with Gasteiger partial charge in [0.1, 0.15) is 5.60 Å². The third kappa shape index (κ3) is 7.63. The first-order chi connectivity index (χ1) is 14.2. The zero-order chi connectivity index (χ0) is 24.0. The fraction of sp³-hybridized carbons (Fsp3) is 0.684. The third-order valence-electron chi connectivity index (χ3n) is 4.18. The molecule has 0 saturated carbocycles. The van der Waals surface area contributed by atoms with E-state index in [4.69, 9.17) is 14.3 Å². The lowest BCUT2D eigenvalue weighted by Gasteiger charge is -2.29. The van der Waals surface area contributed by atoms with E-state index in [1.165, 1.54) is 34.6 Å². The standard InChI is InChI=1S/C19H28N2O10/c1-7-13(23)20(12(2)22)31-17(27)29-18(3,4)10-11-28-19(5,6)16(26)30-21-14(24)8-9-15(21)25/h7-11H2,1-6H3. The summed E-state index contributed by atoms with van der Waals surface area (Å²) < 4.78 is 10.6.